The molecule has 3 nitrogen and oxygen atoms in total. The SMILES string of the molecule is O=S1(=O)CC2(CCC2)CNc2ccccc21. The maximum Gasteiger partial charge on any atom is 0.181 e. The molecule has 86 valence electrons. The van der Waals surface area contributed by atoms with Gasteiger partial charge in [0.05, 0.1) is 16.3 Å². The summed E-state index contributed by atoms with van der Waals surface area (Å²) in [5, 5.41) is 3.29. The first-order chi connectivity index (χ1) is 7.61. The molecule has 1 spiro atoms. The molecular formula is C12H15NO2S. The van der Waals surface area contributed by atoms with E-state index in [9.17, 15) is 8.42 Å². The Morgan fingerprint density at radius 2 is 1.94 bits per heavy atom. The van der Waals surface area contributed by atoms with E-state index in [1.165, 1.54) is 0 Å². The number of nitrogens with one attached hydrogen (secondary N) is 1. The molecule has 1 aliphatic heterocycles. The lowest BCUT2D eigenvalue weighted by molar-refractivity contribution is 0.184. The van der Waals surface area contributed by atoms with E-state index in [2.05, 4.69) is 5.32 Å². The van der Waals surface area contributed by atoms with Crippen molar-refractivity contribution in [1.82, 2.24) is 0 Å². The smallest absolute Gasteiger partial charge is 0.181 e. The molecule has 0 bridgehead atoms. The van der Waals surface area contributed by atoms with E-state index in [1.54, 1.807) is 12.1 Å². The Morgan fingerprint density at radius 3 is 2.62 bits per heavy atom. The van der Waals surface area contributed by atoms with Gasteiger partial charge in [-0.05, 0) is 25.0 Å². The van der Waals surface area contributed by atoms with E-state index in [4.69, 9.17) is 0 Å². The minimum atomic E-state index is -3.11. The summed E-state index contributed by atoms with van der Waals surface area (Å²) in [6.45, 7) is 0.795. The summed E-state index contributed by atoms with van der Waals surface area (Å²) < 4.78 is 24.5. The summed E-state index contributed by atoms with van der Waals surface area (Å²) in [6, 6.07) is 7.22. The van der Waals surface area contributed by atoms with Crippen LogP contribution in [0.5, 0.6) is 0 Å². The summed E-state index contributed by atoms with van der Waals surface area (Å²) in [6.07, 6.45) is 3.23. The van der Waals surface area contributed by atoms with Crippen molar-refractivity contribution >= 4 is 15.5 Å². The molecule has 1 saturated carbocycles. The molecule has 16 heavy (non-hydrogen) atoms. The molecule has 0 saturated heterocycles. The van der Waals surface area contributed by atoms with Gasteiger partial charge in [-0.2, -0.15) is 0 Å². The van der Waals surface area contributed by atoms with Crippen LogP contribution in [-0.2, 0) is 9.84 Å². The Balaban J connectivity index is 2.09. The number of hydrogen-bond acceptors (Lipinski definition) is 3. The van der Waals surface area contributed by atoms with Crippen LogP contribution in [0.2, 0.25) is 0 Å². The third-order valence-electron chi connectivity index (χ3n) is 3.79. The summed E-state index contributed by atoms with van der Waals surface area (Å²) in [7, 11) is -3.11. The normalized spacial score (nSPS) is 25.0. The maximum atomic E-state index is 12.3. The highest BCUT2D eigenvalue weighted by atomic mass is 32.2. The summed E-state index contributed by atoms with van der Waals surface area (Å²) in [5.74, 6) is 0.310. The second-order valence-electron chi connectivity index (χ2n) is 4.96. The van der Waals surface area contributed by atoms with Crippen molar-refractivity contribution in [3.8, 4) is 0 Å². The van der Waals surface area contributed by atoms with Gasteiger partial charge < -0.3 is 5.32 Å². The highest BCUT2D eigenvalue weighted by Crippen LogP contribution is 2.45. The van der Waals surface area contributed by atoms with E-state index < -0.39 is 9.84 Å². The molecule has 0 aromatic heterocycles. The number of benzene rings is 1. The lowest BCUT2D eigenvalue weighted by Crippen LogP contribution is -2.40. The van der Waals surface area contributed by atoms with Crippen LogP contribution in [0, 0.1) is 5.41 Å². The first kappa shape index (κ1) is 10.1. The maximum absolute atomic E-state index is 12.3. The average Bonchev–Trinajstić information content (AvgIpc) is 2.33. The molecule has 1 N–H and O–H groups in total. The lowest BCUT2D eigenvalue weighted by atomic mass is 9.70. The molecule has 4 heteroatoms. The van der Waals surface area contributed by atoms with E-state index in [0.29, 0.717) is 10.6 Å². The molecule has 0 amide bonds. The first-order valence-electron chi connectivity index (χ1n) is 5.67. The number of para-hydroxylation sites is 1. The molecule has 1 aromatic rings. The second-order valence-corrected chi connectivity index (χ2v) is 6.92. The first-order valence-corrected chi connectivity index (χ1v) is 7.32. The van der Waals surface area contributed by atoms with Crippen molar-refractivity contribution in [2.45, 2.75) is 24.2 Å². The van der Waals surface area contributed by atoms with Crippen LogP contribution < -0.4 is 5.32 Å². The van der Waals surface area contributed by atoms with Crippen LogP contribution in [0.4, 0.5) is 5.69 Å². The van der Waals surface area contributed by atoms with Crippen LogP contribution >= 0.6 is 0 Å². The van der Waals surface area contributed by atoms with Crippen molar-refractivity contribution in [2.24, 2.45) is 5.41 Å². The zero-order valence-corrected chi connectivity index (χ0v) is 9.89. The molecule has 0 radical (unpaired) electrons. The molecule has 0 atom stereocenters. The fourth-order valence-electron chi connectivity index (χ4n) is 2.70. The zero-order chi connectivity index (χ0) is 11.2. The standard InChI is InChI=1S/C12H15NO2S/c14-16(15)9-12(6-3-7-12)8-13-10-4-1-2-5-11(10)16/h1-2,4-5,13H,3,6-9H2. The minimum Gasteiger partial charge on any atom is -0.383 e. The predicted molar refractivity (Wildman–Crippen MR) is 63.3 cm³/mol. The van der Waals surface area contributed by atoms with Gasteiger partial charge >= 0.3 is 0 Å². The quantitative estimate of drug-likeness (QED) is 0.751. The average molecular weight is 237 g/mol. The predicted octanol–water partition coefficient (Wildman–Crippen LogP) is 2.06. The van der Waals surface area contributed by atoms with Crippen molar-refractivity contribution in [3.63, 3.8) is 0 Å². The van der Waals surface area contributed by atoms with E-state index in [1.807, 2.05) is 12.1 Å². The van der Waals surface area contributed by atoms with Gasteiger partial charge in [0.15, 0.2) is 9.84 Å². The molecule has 1 aliphatic carbocycles. The van der Waals surface area contributed by atoms with Crippen molar-refractivity contribution in [1.29, 1.82) is 0 Å². The monoisotopic (exact) mass is 237 g/mol. The lowest BCUT2D eigenvalue weighted by Gasteiger charge is -2.40. The van der Waals surface area contributed by atoms with E-state index in [-0.39, 0.29) is 5.41 Å². The molecule has 1 heterocycles. The van der Waals surface area contributed by atoms with Crippen molar-refractivity contribution in [2.75, 3.05) is 17.6 Å². The van der Waals surface area contributed by atoms with Gasteiger partial charge in [0.2, 0.25) is 0 Å². The third-order valence-corrected chi connectivity index (χ3v) is 5.80. The molecule has 2 aliphatic rings. The number of anilines is 1. The van der Waals surface area contributed by atoms with Crippen molar-refractivity contribution in [3.05, 3.63) is 24.3 Å². The highest BCUT2D eigenvalue weighted by molar-refractivity contribution is 7.91. The fraction of sp³-hybridized carbons (Fsp3) is 0.500. The molecule has 0 unspecified atom stereocenters. The van der Waals surface area contributed by atoms with Gasteiger partial charge in [0.1, 0.15) is 0 Å². The Bertz CT molecular complexity index is 518. The number of hydrogen-bond donors (Lipinski definition) is 1. The Hall–Kier alpha value is -1.03. The van der Waals surface area contributed by atoms with Gasteiger partial charge in [-0.15, -0.1) is 0 Å². The van der Waals surface area contributed by atoms with Crippen LogP contribution in [0.1, 0.15) is 19.3 Å². The van der Waals surface area contributed by atoms with Gasteiger partial charge in [0, 0.05) is 12.0 Å². The van der Waals surface area contributed by atoms with Crippen LogP contribution in [0.15, 0.2) is 29.2 Å². The topological polar surface area (TPSA) is 46.2 Å². The molecule has 3 rings (SSSR count). The molecule has 1 fully saturated rings. The Kier molecular flexibility index (Phi) is 2.05. The molecule has 1 aromatic carbocycles. The summed E-state index contributed by atoms with van der Waals surface area (Å²) >= 11 is 0. The zero-order valence-electron chi connectivity index (χ0n) is 9.07. The third kappa shape index (κ3) is 1.44. The Labute approximate surface area is 95.8 Å². The van der Waals surface area contributed by atoms with Crippen molar-refractivity contribution < 1.29 is 8.42 Å². The number of fused-ring (bicyclic) bond motifs is 1. The van der Waals surface area contributed by atoms with Gasteiger partial charge in [0.25, 0.3) is 0 Å². The Morgan fingerprint density at radius 1 is 1.19 bits per heavy atom. The second kappa shape index (κ2) is 3.23. The van der Waals surface area contributed by atoms with Gasteiger partial charge in [-0.1, -0.05) is 18.6 Å². The van der Waals surface area contributed by atoms with E-state index in [0.717, 1.165) is 31.5 Å². The number of sulfone groups is 1. The van der Waals surface area contributed by atoms with Gasteiger partial charge in [-0.3, -0.25) is 0 Å². The van der Waals surface area contributed by atoms with Crippen LogP contribution in [-0.4, -0.2) is 20.7 Å². The summed E-state index contributed by atoms with van der Waals surface area (Å²) in [4.78, 5) is 0.471. The van der Waals surface area contributed by atoms with Crippen LogP contribution in [0.3, 0.4) is 0 Å². The van der Waals surface area contributed by atoms with E-state index >= 15 is 0 Å². The minimum absolute atomic E-state index is 0.00213. The van der Waals surface area contributed by atoms with Crippen LogP contribution in [0.25, 0.3) is 0 Å². The summed E-state index contributed by atoms with van der Waals surface area (Å²) in [5.41, 5.74) is 0.768. The largest absolute Gasteiger partial charge is 0.383 e. The van der Waals surface area contributed by atoms with Gasteiger partial charge in [-0.25, -0.2) is 8.42 Å². The number of rotatable bonds is 0. The highest BCUT2D eigenvalue weighted by Gasteiger charge is 2.43. The molecular weight excluding hydrogens is 222 g/mol. The fourth-order valence-corrected chi connectivity index (χ4v) is 4.81.